The van der Waals surface area contributed by atoms with E-state index in [2.05, 4.69) is 15.6 Å². The fraction of sp³-hybridized carbons (Fsp3) is 0.125. The molecular formula is C24H18N4O3S. The fourth-order valence-corrected chi connectivity index (χ4v) is 4.93. The van der Waals surface area contributed by atoms with E-state index < -0.39 is 0 Å². The van der Waals surface area contributed by atoms with Gasteiger partial charge < -0.3 is 14.0 Å². The summed E-state index contributed by atoms with van der Waals surface area (Å²) < 4.78 is 13.1. The van der Waals surface area contributed by atoms with E-state index >= 15 is 0 Å². The van der Waals surface area contributed by atoms with Gasteiger partial charge in [-0.1, -0.05) is 36.0 Å². The van der Waals surface area contributed by atoms with Gasteiger partial charge in [-0.05, 0) is 36.8 Å². The third kappa shape index (κ3) is 3.03. The van der Waals surface area contributed by atoms with E-state index in [-0.39, 0.29) is 24.1 Å². The number of nitrogens with zero attached hydrogens (tertiary/aromatic N) is 3. The fourth-order valence-electron chi connectivity index (χ4n) is 4.11. The van der Waals surface area contributed by atoms with Crippen LogP contribution in [0.1, 0.15) is 18.1 Å². The zero-order valence-corrected chi connectivity index (χ0v) is 18.0. The second-order valence-electron chi connectivity index (χ2n) is 7.74. The largest absolute Gasteiger partial charge is 0.454 e. The smallest absolute Gasteiger partial charge is 0.283 e. The number of nitrogens with one attached hydrogen (secondary N) is 1. The SMILES string of the molecule is CC1=CN2C(=N)/C(=C/c3cn(Cc4ccc5c(c4)OCO5)c4ccccc34)C(=O)N=C2S1. The summed E-state index contributed by atoms with van der Waals surface area (Å²) in [6.45, 7) is 2.83. The molecule has 6 rings (SSSR count). The minimum atomic E-state index is -0.385. The number of fused-ring (bicyclic) bond motifs is 3. The molecule has 3 aliphatic heterocycles. The summed E-state index contributed by atoms with van der Waals surface area (Å²) in [5.41, 5.74) is 3.29. The van der Waals surface area contributed by atoms with Crippen LogP contribution in [-0.4, -0.2) is 33.2 Å². The molecule has 158 valence electrons. The van der Waals surface area contributed by atoms with E-state index in [4.69, 9.17) is 14.9 Å². The lowest BCUT2D eigenvalue weighted by molar-refractivity contribution is -0.114. The van der Waals surface area contributed by atoms with Crippen molar-refractivity contribution in [2.75, 3.05) is 6.79 Å². The molecule has 0 saturated heterocycles. The molecule has 3 aromatic rings. The third-order valence-electron chi connectivity index (χ3n) is 5.60. The molecule has 32 heavy (non-hydrogen) atoms. The number of hydrogen-bond acceptors (Lipinski definition) is 5. The van der Waals surface area contributed by atoms with E-state index in [1.807, 2.05) is 55.7 Å². The first-order valence-electron chi connectivity index (χ1n) is 10.1. The van der Waals surface area contributed by atoms with Crippen LogP contribution < -0.4 is 9.47 Å². The molecule has 0 saturated carbocycles. The third-order valence-corrected chi connectivity index (χ3v) is 6.50. The van der Waals surface area contributed by atoms with Crippen molar-refractivity contribution >= 4 is 45.7 Å². The van der Waals surface area contributed by atoms with Crippen molar-refractivity contribution in [2.45, 2.75) is 13.5 Å². The molecular weight excluding hydrogens is 424 g/mol. The highest BCUT2D eigenvalue weighted by Gasteiger charge is 2.33. The summed E-state index contributed by atoms with van der Waals surface area (Å²) in [4.78, 5) is 19.6. The van der Waals surface area contributed by atoms with Crippen LogP contribution in [0.4, 0.5) is 0 Å². The highest BCUT2D eigenvalue weighted by atomic mass is 32.2. The maximum absolute atomic E-state index is 12.7. The van der Waals surface area contributed by atoms with Crippen LogP contribution in [0.3, 0.4) is 0 Å². The first-order valence-corrected chi connectivity index (χ1v) is 10.9. The minimum absolute atomic E-state index is 0.150. The Balaban J connectivity index is 1.40. The molecule has 0 radical (unpaired) electrons. The molecule has 0 unspecified atom stereocenters. The van der Waals surface area contributed by atoms with E-state index in [9.17, 15) is 4.79 Å². The van der Waals surface area contributed by atoms with Crippen molar-refractivity contribution < 1.29 is 14.3 Å². The zero-order valence-electron chi connectivity index (χ0n) is 17.2. The van der Waals surface area contributed by atoms with Gasteiger partial charge >= 0.3 is 0 Å². The van der Waals surface area contributed by atoms with Gasteiger partial charge in [0.2, 0.25) is 6.79 Å². The monoisotopic (exact) mass is 442 g/mol. The first-order chi connectivity index (χ1) is 15.6. The molecule has 0 fully saturated rings. The summed E-state index contributed by atoms with van der Waals surface area (Å²) >= 11 is 1.41. The van der Waals surface area contributed by atoms with Crippen LogP contribution in [0.2, 0.25) is 0 Å². The summed E-state index contributed by atoms with van der Waals surface area (Å²) in [6, 6.07) is 14.0. The highest BCUT2D eigenvalue weighted by Crippen LogP contribution is 2.35. The molecule has 0 spiro atoms. The summed E-state index contributed by atoms with van der Waals surface area (Å²) in [5, 5.41) is 10.1. The molecule has 0 aliphatic carbocycles. The van der Waals surface area contributed by atoms with Crippen LogP contribution >= 0.6 is 11.8 Å². The van der Waals surface area contributed by atoms with Gasteiger partial charge in [0.15, 0.2) is 16.7 Å². The molecule has 7 nitrogen and oxygen atoms in total. The maximum Gasteiger partial charge on any atom is 0.283 e. The number of rotatable bonds is 3. The number of ether oxygens (including phenoxy) is 2. The molecule has 0 atom stereocenters. The Morgan fingerprint density at radius 3 is 2.94 bits per heavy atom. The number of carbonyl (C=O) groups is 1. The Kier molecular flexibility index (Phi) is 4.22. The molecule has 1 aromatic heterocycles. The van der Waals surface area contributed by atoms with Crippen LogP contribution in [0.5, 0.6) is 11.5 Å². The Bertz CT molecular complexity index is 1420. The number of para-hydroxylation sites is 1. The molecule has 0 bridgehead atoms. The summed E-state index contributed by atoms with van der Waals surface area (Å²) in [7, 11) is 0. The number of allylic oxidation sites excluding steroid dienone is 1. The Morgan fingerprint density at radius 2 is 2.03 bits per heavy atom. The predicted molar refractivity (Wildman–Crippen MR) is 125 cm³/mol. The highest BCUT2D eigenvalue weighted by molar-refractivity contribution is 8.17. The van der Waals surface area contributed by atoms with Crippen LogP contribution in [0, 0.1) is 5.41 Å². The maximum atomic E-state index is 12.7. The van der Waals surface area contributed by atoms with Crippen LogP contribution in [-0.2, 0) is 11.3 Å². The number of thioether (sulfide) groups is 1. The summed E-state index contributed by atoms with van der Waals surface area (Å²) in [6.07, 6.45) is 5.63. The van der Waals surface area contributed by atoms with Gasteiger partial charge in [-0.25, -0.2) is 0 Å². The Morgan fingerprint density at radius 1 is 1.19 bits per heavy atom. The molecule has 1 N–H and O–H groups in total. The van der Waals surface area contributed by atoms with E-state index in [0.29, 0.717) is 11.7 Å². The second kappa shape index (κ2) is 7.13. The molecule has 4 heterocycles. The number of aliphatic imine (C=N–C) groups is 1. The van der Waals surface area contributed by atoms with Gasteiger partial charge in [0.25, 0.3) is 5.91 Å². The van der Waals surface area contributed by atoms with E-state index in [0.717, 1.165) is 38.4 Å². The zero-order chi connectivity index (χ0) is 21.8. The topological polar surface area (TPSA) is 79.9 Å². The predicted octanol–water partition coefficient (Wildman–Crippen LogP) is 4.59. The number of amides is 1. The number of benzene rings is 2. The van der Waals surface area contributed by atoms with Gasteiger partial charge in [-0.15, -0.1) is 0 Å². The van der Waals surface area contributed by atoms with Crippen LogP contribution in [0.25, 0.3) is 17.0 Å². The van der Waals surface area contributed by atoms with Gasteiger partial charge in [0, 0.05) is 40.3 Å². The van der Waals surface area contributed by atoms with Gasteiger partial charge in [-0.3, -0.25) is 15.1 Å². The number of amidine groups is 2. The van der Waals surface area contributed by atoms with Crippen molar-refractivity contribution in [3.05, 3.63) is 76.5 Å². The van der Waals surface area contributed by atoms with Gasteiger partial charge in [0.1, 0.15) is 5.84 Å². The van der Waals surface area contributed by atoms with Crippen molar-refractivity contribution in [3.63, 3.8) is 0 Å². The number of carbonyl (C=O) groups excluding carboxylic acids is 1. The standard InChI is InChI=1S/C24H18N4O3S/c1-14-10-28-22(25)18(23(29)26-24(28)32-14)9-16-12-27(19-5-3-2-4-17(16)19)11-15-6-7-20-21(8-15)31-13-30-20/h2-10,12,25H,11,13H2,1H3/b18-9-,25-22?. The van der Waals surface area contributed by atoms with Gasteiger partial charge in [0.05, 0.1) is 5.57 Å². The van der Waals surface area contributed by atoms with E-state index in [1.54, 1.807) is 11.0 Å². The quantitative estimate of drug-likeness (QED) is 0.601. The molecule has 3 aliphatic rings. The Hall–Kier alpha value is -3.78. The summed E-state index contributed by atoms with van der Waals surface area (Å²) in [5.74, 6) is 1.28. The van der Waals surface area contributed by atoms with Crippen molar-refractivity contribution in [1.29, 1.82) is 5.41 Å². The van der Waals surface area contributed by atoms with E-state index in [1.165, 1.54) is 11.8 Å². The average Bonchev–Trinajstić information content (AvgIpc) is 3.48. The van der Waals surface area contributed by atoms with Crippen molar-refractivity contribution in [3.8, 4) is 11.5 Å². The first kappa shape index (κ1) is 18.9. The molecule has 2 aromatic carbocycles. The number of hydrogen-bond donors (Lipinski definition) is 1. The molecule has 8 heteroatoms. The van der Waals surface area contributed by atoms with Crippen molar-refractivity contribution in [1.82, 2.24) is 9.47 Å². The van der Waals surface area contributed by atoms with Gasteiger partial charge in [-0.2, -0.15) is 4.99 Å². The number of aromatic nitrogens is 1. The molecule has 1 amide bonds. The minimum Gasteiger partial charge on any atom is -0.454 e. The normalized spacial score (nSPS) is 18.4. The van der Waals surface area contributed by atoms with Crippen LogP contribution in [0.15, 0.2) is 70.3 Å². The Labute approximate surface area is 188 Å². The lowest BCUT2D eigenvalue weighted by Crippen LogP contribution is -2.35. The van der Waals surface area contributed by atoms with Crippen molar-refractivity contribution in [2.24, 2.45) is 4.99 Å². The lowest BCUT2D eigenvalue weighted by atomic mass is 10.1. The lowest BCUT2D eigenvalue weighted by Gasteiger charge is -2.22. The second-order valence-corrected chi connectivity index (χ2v) is 8.95. The average molecular weight is 443 g/mol.